The van der Waals surface area contributed by atoms with Crippen molar-refractivity contribution in [1.29, 1.82) is 0 Å². The van der Waals surface area contributed by atoms with Gasteiger partial charge in [-0.25, -0.2) is 19.6 Å². The number of hydrogen-bond donors (Lipinski definition) is 2. The number of hydrogen-bond acceptors (Lipinski definition) is 12. The van der Waals surface area contributed by atoms with E-state index in [0.717, 1.165) is 16.8 Å². The fraction of sp³-hybridized carbons (Fsp3) is 0.316. The molecule has 5 aromatic heterocycles. The average Bonchev–Trinajstić information content (AvgIpc) is 3.56. The minimum atomic E-state index is -0.954. The Labute approximate surface area is 307 Å². The van der Waals surface area contributed by atoms with E-state index in [-0.39, 0.29) is 35.1 Å². The van der Waals surface area contributed by atoms with Gasteiger partial charge in [0.15, 0.2) is 0 Å². The number of Topliss-reactive ketones (excluding diaryl/α,β-unsaturated/α-hetero) is 1. The molecule has 15 heteroatoms. The van der Waals surface area contributed by atoms with Crippen molar-refractivity contribution >= 4 is 51.8 Å². The maximum atomic E-state index is 11.9. The molecule has 0 spiro atoms. The van der Waals surface area contributed by atoms with Gasteiger partial charge < -0.3 is 24.7 Å². The summed E-state index contributed by atoms with van der Waals surface area (Å²) in [6.45, 7) is 12.6. The third-order valence-corrected chi connectivity index (χ3v) is 7.15. The van der Waals surface area contributed by atoms with Gasteiger partial charge >= 0.3 is 11.9 Å². The summed E-state index contributed by atoms with van der Waals surface area (Å²) in [5, 5.41) is 6.10. The molecular formula is C38H44N8O7. The molecule has 53 heavy (non-hydrogen) atoms. The lowest BCUT2D eigenvalue weighted by Gasteiger charge is -2.18. The number of pyridine rings is 4. The standard InChI is InChI=1S/C14H12N4O2.C14H18N2O4.C10H14N2O/c1-18-8-16-7-13(18)11-5-10(14(19)20-2)9-3-4-15-6-12(9)17-11;1-5-20-12(18)11(17)9-6-7-15-8-10(9)16-13(19)14(2,3)4;1-10(2,3)9(13)12-8-5-4-6-11-7-8/h3-8H,1-2H3;6-8H,5H2,1-4H3,(H,16,19);4-7H,1-3H3,(H,12,13). The molecule has 0 aliphatic heterocycles. The number of rotatable bonds is 7. The number of ketones is 1. The second-order valence-electron chi connectivity index (χ2n) is 13.5. The Morgan fingerprint density at radius 2 is 1.42 bits per heavy atom. The largest absolute Gasteiger partial charge is 0.465 e. The molecule has 0 aromatic carbocycles. The molecule has 0 saturated heterocycles. The molecule has 0 atom stereocenters. The van der Waals surface area contributed by atoms with Gasteiger partial charge in [0, 0.05) is 41.9 Å². The Balaban J connectivity index is 0.000000220. The normalized spacial score (nSPS) is 10.8. The first kappa shape index (κ1) is 41.0. The van der Waals surface area contributed by atoms with Gasteiger partial charge in [0.05, 0.1) is 84.2 Å². The zero-order valence-corrected chi connectivity index (χ0v) is 31.3. The first-order valence-electron chi connectivity index (χ1n) is 16.5. The zero-order chi connectivity index (χ0) is 39.3. The number of aryl methyl sites for hydroxylation is 1. The molecule has 5 rings (SSSR count). The lowest BCUT2D eigenvalue weighted by Crippen LogP contribution is -2.29. The summed E-state index contributed by atoms with van der Waals surface area (Å²) in [5.41, 5.74) is 2.61. The van der Waals surface area contributed by atoms with Crippen molar-refractivity contribution in [3.05, 3.63) is 91.2 Å². The number of fused-ring (bicyclic) bond motifs is 1. The highest BCUT2D eigenvalue weighted by Crippen LogP contribution is 2.25. The smallest absolute Gasteiger partial charge is 0.379 e. The summed E-state index contributed by atoms with van der Waals surface area (Å²) < 4.78 is 11.3. The topological polar surface area (TPSA) is 197 Å². The highest BCUT2D eigenvalue weighted by Gasteiger charge is 2.26. The Morgan fingerprint density at radius 1 is 0.774 bits per heavy atom. The van der Waals surface area contributed by atoms with Gasteiger partial charge in [-0.15, -0.1) is 0 Å². The number of aromatic nitrogens is 6. The van der Waals surface area contributed by atoms with E-state index < -0.39 is 23.1 Å². The molecule has 15 nitrogen and oxygen atoms in total. The van der Waals surface area contributed by atoms with E-state index in [2.05, 4.69) is 40.3 Å². The average molecular weight is 725 g/mol. The van der Waals surface area contributed by atoms with Crippen molar-refractivity contribution in [3.63, 3.8) is 0 Å². The summed E-state index contributed by atoms with van der Waals surface area (Å²) in [6.07, 6.45) is 12.6. The van der Waals surface area contributed by atoms with Crippen LogP contribution >= 0.6 is 0 Å². The number of amides is 2. The van der Waals surface area contributed by atoms with Crippen molar-refractivity contribution in [3.8, 4) is 11.4 Å². The predicted molar refractivity (Wildman–Crippen MR) is 199 cm³/mol. The molecule has 278 valence electrons. The van der Waals surface area contributed by atoms with Crippen LogP contribution in [0.2, 0.25) is 0 Å². The summed E-state index contributed by atoms with van der Waals surface area (Å²) >= 11 is 0. The molecule has 2 amide bonds. The number of nitrogens with one attached hydrogen (secondary N) is 2. The van der Waals surface area contributed by atoms with Crippen LogP contribution in [0.5, 0.6) is 0 Å². The SMILES string of the molecule is CC(C)(C)C(=O)Nc1cccnc1.CCOC(=O)C(=O)c1ccncc1NC(=O)C(C)(C)C.COC(=O)c1cc(-c2cncn2C)nc2cnccc12. The van der Waals surface area contributed by atoms with Crippen LogP contribution in [0, 0.1) is 10.8 Å². The molecule has 5 aromatic rings. The van der Waals surface area contributed by atoms with Gasteiger partial charge in [-0.1, -0.05) is 41.5 Å². The maximum Gasteiger partial charge on any atom is 0.379 e. The maximum absolute atomic E-state index is 11.9. The fourth-order valence-electron chi connectivity index (χ4n) is 4.16. The van der Waals surface area contributed by atoms with Crippen molar-refractivity contribution in [2.75, 3.05) is 24.4 Å². The van der Waals surface area contributed by atoms with Crippen molar-refractivity contribution < 1.29 is 33.4 Å². The zero-order valence-electron chi connectivity index (χ0n) is 31.3. The van der Waals surface area contributed by atoms with E-state index in [1.165, 1.54) is 25.6 Å². The van der Waals surface area contributed by atoms with Crippen molar-refractivity contribution in [2.45, 2.75) is 48.5 Å². The molecule has 2 N–H and O–H groups in total. The van der Waals surface area contributed by atoms with Gasteiger partial charge in [0.1, 0.15) is 0 Å². The molecule has 0 saturated carbocycles. The van der Waals surface area contributed by atoms with E-state index >= 15 is 0 Å². The number of carbonyl (C=O) groups is 5. The van der Waals surface area contributed by atoms with Gasteiger partial charge in [0.25, 0.3) is 5.78 Å². The lowest BCUT2D eigenvalue weighted by atomic mass is 9.95. The quantitative estimate of drug-likeness (QED) is 0.118. The number of ether oxygens (including phenoxy) is 2. The highest BCUT2D eigenvalue weighted by molar-refractivity contribution is 6.42. The number of methoxy groups -OCH3 is 1. The van der Waals surface area contributed by atoms with Gasteiger partial charge in [-0.2, -0.15) is 0 Å². The number of carbonyl (C=O) groups excluding carboxylic acids is 5. The Kier molecular flexibility index (Phi) is 14.1. The van der Waals surface area contributed by atoms with Crippen LogP contribution in [-0.4, -0.2) is 72.7 Å². The van der Waals surface area contributed by atoms with E-state index in [9.17, 15) is 24.0 Å². The summed E-state index contributed by atoms with van der Waals surface area (Å²) in [7, 11) is 3.23. The van der Waals surface area contributed by atoms with Crippen LogP contribution in [0.3, 0.4) is 0 Å². The molecule has 0 fully saturated rings. The second kappa shape index (κ2) is 18.2. The van der Waals surface area contributed by atoms with Crippen LogP contribution in [-0.2, 0) is 30.9 Å². The fourth-order valence-corrected chi connectivity index (χ4v) is 4.16. The van der Waals surface area contributed by atoms with Crippen LogP contribution in [0.25, 0.3) is 22.3 Å². The summed E-state index contributed by atoms with van der Waals surface area (Å²) in [5.74, 6) is -2.43. The van der Waals surface area contributed by atoms with Crippen LogP contribution in [0.1, 0.15) is 69.2 Å². The van der Waals surface area contributed by atoms with Gasteiger partial charge in [0.2, 0.25) is 11.8 Å². The molecule has 0 radical (unpaired) electrons. The Morgan fingerprint density at radius 3 is 2.00 bits per heavy atom. The number of anilines is 2. The van der Waals surface area contributed by atoms with Crippen molar-refractivity contribution in [1.82, 2.24) is 29.5 Å². The second-order valence-corrected chi connectivity index (χ2v) is 13.5. The third-order valence-electron chi connectivity index (χ3n) is 7.15. The van der Waals surface area contributed by atoms with Crippen LogP contribution < -0.4 is 10.6 Å². The van der Waals surface area contributed by atoms with E-state index in [4.69, 9.17) is 4.74 Å². The molecule has 0 aliphatic rings. The predicted octanol–water partition coefficient (Wildman–Crippen LogP) is 5.70. The molecular weight excluding hydrogens is 680 g/mol. The Hall–Kier alpha value is -6.38. The van der Waals surface area contributed by atoms with Crippen molar-refractivity contribution in [2.24, 2.45) is 17.9 Å². The van der Waals surface area contributed by atoms with E-state index in [0.29, 0.717) is 16.8 Å². The summed E-state index contributed by atoms with van der Waals surface area (Å²) in [4.78, 5) is 79.2. The molecule has 0 aliphatic carbocycles. The minimum Gasteiger partial charge on any atom is -0.465 e. The van der Waals surface area contributed by atoms with E-state index in [1.54, 1.807) is 83.2 Å². The monoisotopic (exact) mass is 724 g/mol. The Bertz CT molecular complexity index is 2070. The van der Waals surface area contributed by atoms with Crippen LogP contribution in [0.15, 0.2) is 80.0 Å². The first-order valence-corrected chi connectivity index (χ1v) is 16.5. The number of nitrogens with zero attached hydrogens (tertiary/aromatic N) is 6. The molecule has 5 heterocycles. The molecule has 0 bridgehead atoms. The third kappa shape index (κ3) is 11.6. The highest BCUT2D eigenvalue weighted by atomic mass is 16.5. The number of esters is 2. The van der Waals surface area contributed by atoms with E-state index in [1.807, 2.05) is 38.5 Å². The number of imidazole rings is 1. The first-order chi connectivity index (χ1) is 25.0. The summed E-state index contributed by atoms with van der Waals surface area (Å²) in [6, 6.07) is 8.44. The van der Waals surface area contributed by atoms with Crippen LogP contribution in [0.4, 0.5) is 11.4 Å². The lowest BCUT2D eigenvalue weighted by molar-refractivity contribution is -0.137. The molecule has 0 unspecified atom stereocenters. The minimum absolute atomic E-state index is 0.000463. The van der Waals surface area contributed by atoms with Gasteiger partial charge in [-0.3, -0.25) is 29.3 Å². The van der Waals surface area contributed by atoms with Gasteiger partial charge in [-0.05, 0) is 37.3 Å².